The fraction of sp³-hybridized carbons (Fsp3) is 0.227. The highest BCUT2D eigenvalue weighted by Gasteiger charge is 2.26. The molecule has 0 aliphatic carbocycles. The van der Waals surface area contributed by atoms with E-state index in [9.17, 15) is 4.79 Å². The second-order valence-corrected chi connectivity index (χ2v) is 7.17. The maximum atomic E-state index is 12.9. The van der Waals surface area contributed by atoms with Crippen molar-refractivity contribution in [1.82, 2.24) is 14.8 Å². The molecule has 2 aromatic heterocycles. The highest BCUT2D eigenvalue weighted by molar-refractivity contribution is 6.34. The van der Waals surface area contributed by atoms with Crippen LogP contribution in [0.2, 0.25) is 5.02 Å². The SMILES string of the molecule is Cc1cc(C#Cc2ccccc2)cnc1NC(=O)c1c(Cl)cnn1[C@@H]1CCOC1. The minimum absolute atomic E-state index is 0.00735. The smallest absolute Gasteiger partial charge is 0.276 e. The number of hydrogen-bond acceptors (Lipinski definition) is 4. The Morgan fingerprint density at radius 3 is 2.76 bits per heavy atom. The van der Waals surface area contributed by atoms with Gasteiger partial charge in [-0.15, -0.1) is 0 Å². The third kappa shape index (κ3) is 4.32. The zero-order chi connectivity index (χ0) is 20.2. The molecule has 1 aromatic carbocycles. The van der Waals surface area contributed by atoms with E-state index in [0.717, 1.165) is 23.1 Å². The van der Waals surface area contributed by atoms with Crippen molar-refractivity contribution in [2.24, 2.45) is 0 Å². The summed E-state index contributed by atoms with van der Waals surface area (Å²) in [6.07, 6.45) is 3.92. The van der Waals surface area contributed by atoms with E-state index in [1.54, 1.807) is 10.9 Å². The Morgan fingerprint density at radius 1 is 1.24 bits per heavy atom. The number of hydrogen-bond donors (Lipinski definition) is 1. The Hall–Kier alpha value is -3.14. The van der Waals surface area contributed by atoms with Crippen LogP contribution >= 0.6 is 11.6 Å². The molecule has 6 nitrogen and oxygen atoms in total. The second kappa shape index (κ2) is 8.48. The number of anilines is 1. The van der Waals surface area contributed by atoms with Crippen molar-refractivity contribution in [2.45, 2.75) is 19.4 Å². The maximum absolute atomic E-state index is 12.9. The number of carbonyl (C=O) groups excluding carboxylic acids is 1. The Kier molecular flexibility index (Phi) is 5.61. The summed E-state index contributed by atoms with van der Waals surface area (Å²) in [6, 6.07) is 11.6. The van der Waals surface area contributed by atoms with Gasteiger partial charge in [-0.05, 0) is 37.1 Å². The molecule has 0 spiro atoms. The largest absolute Gasteiger partial charge is 0.379 e. The van der Waals surface area contributed by atoms with E-state index in [0.29, 0.717) is 29.7 Å². The molecule has 1 aliphatic heterocycles. The third-order valence-corrected chi connectivity index (χ3v) is 4.93. The molecule has 0 unspecified atom stereocenters. The Morgan fingerprint density at radius 2 is 2.03 bits per heavy atom. The van der Waals surface area contributed by atoms with E-state index in [1.807, 2.05) is 43.3 Å². The molecular weight excluding hydrogens is 388 g/mol. The lowest BCUT2D eigenvalue weighted by Crippen LogP contribution is -2.22. The van der Waals surface area contributed by atoms with Crippen LogP contribution in [0.3, 0.4) is 0 Å². The predicted molar refractivity (Wildman–Crippen MR) is 111 cm³/mol. The average molecular weight is 407 g/mol. The number of carbonyl (C=O) groups is 1. The van der Waals surface area contributed by atoms with Gasteiger partial charge in [0.15, 0.2) is 0 Å². The van der Waals surface area contributed by atoms with Crippen LogP contribution in [-0.4, -0.2) is 33.9 Å². The molecule has 1 fully saturated rings. The summed E-state index contributed by atoms with van der Waals surface area (Å²) >= 11 is 6.23. The van der Waals surface area contributed by atoms with E-state index in [2.05, 4.69) is 27.2 Å². The van der Waals surface area contributed by atoms with Crippen LogP contribution in [0.15, 0.2) is 48.8 Å². The molecule has 7 heteroatoms. The Bertz CT molecular complexity index is 1090. The quantitative estimate of drug-likeness (QED) is 0.671. The molecule has 1 saturated heterocycles. The molecular formula is C22H19ClN4O2. The van der Waals surface area contributed by atoms with E-state index in [1.165, 1.54) is 6.20 Å². The minimum atomic E-state index is -0.349. The van der Waals surface area contributed by atoms with Crippen molar-refractivity contribution in [3.63, 3.8) is 0 Å². The van der Waals surface area contributed by atoms with Crippen molar-refractivity contribution >= 4 is 23.3 Å². The lowest BCUT2D eigenvalue weighted by Gasteiger charge is -2.13. The van der Waals surface area contributed by atoms with Gasteiger partial charge in [-0.1, -0.05) is 41.6 Å². The van der Waals surface area contributed by atoms with Crippen LogP contribution in [0.1, 0.15) is 39.6 Å². The molecule has 1 N–H and O–H groups in total. The van der Waals surface area contributed by atoms with Gasteiger partial charge in [-0.25, -0.2) is 4.98 Å². The van der Waals surface area contributed by atoms with Crippen molar-refractivity contribution in [3.05, 3.63) is 76.2 Å². The van der Waals surface area contributed by atoms with Crippen LogP contribution in [0.5, 0.6) is 0 Å². The molecule has 1 aliphatic rings. The van der Waals surface area contributed by atoms with Gasteiger partial charge < -0.3 is 10.1 Å². The van der Waals surface area contributed by atoms with Crippen LogP contribution in [0.25, 0.3) is 0 Å². The highest BCUT2D eigenvalue weighted by atomic mass is 35.5. The van der Waals surface area contributed by atoms with Crippen molar-refractivity contribution < 1.29 is 9.53 Å². The number of nitrogens with zero attached hydrogens (tertiary/aromatic N) is 3. The lowest BCUT2D eigenvalue weighted by molar-refractivity contribution is 0.101. The van der Waals surface area contributed by atoms with Gasteiger partial charge in [-0.2, -0.15) is 5.10 Å². The Labute approximate surface area is 173 Å². The van der Waals surface area contributed by atoms with Gasteiger partial charge in [0.05, 0.1) is 23.9 Å². The molecule has 0 saturated carbocycles. The van der Waals surface area contributed by atoms with Crippen LogP contribution in [-0.2, 0) is 4.74 Å². The van der Waals surface area contributed by atoms with Gasteiger partial charge >= 0.3 is 0 Å². The van der Waals surface area contributed by atoms with Crippen LogP contribution in [0, 0.1) is 18.8 Å². The predicted octanol–water partition coefficient (Wildman–Crippen LogP) is 3.85. The normalized spacial score (nSPS) is 15.6. The number of aryl methyl sites for hydroxylation is 1. The first-order valence-corrected chi connectivity index (χ1v) is 9.65. The van der Waals surface area contributed by atoms with Gasteiger partial charge in [0, 0.05) is 23.9 Å². The standard InChI is InChI=1S/C22H19ClN4O2/c1-15-11-17(8-7-16-5-3-2-4-6-16)12-24-21(15)26-22(28)20-19(23)13-25-27(20)18-9-10-29-14-18/h2-6,11-13,18H,9-10,14H2,1H3,(H,24,26,28)/t18-/m1/s1. The van der Waals surface area contributed by atoms with Gasteiger partial charge in [0.1, 0.15) is 11.5 Å². The summed E-state index contributed by atoms with van der Waals surface area (Å²) < 4.78 is 7.04. The summed E-state index contributed by atoms with van der Waals surface area (Å²) in [5.74, 6) is 6.31. The average Bonchev–Trinajstić information content (AvgIpc) is 3.38. The number of amides is 1. The molecule has 0 radical (unpaired) electrons. The summed E-state index contributed by atoms with van der Waals surface area (Å²) in [7, 11) is 0. The van der Waals surface area contributed by atoms with Gasteiger partial charge in [0.2, 0.25) is 0 Å². The van der Waals surface area contributed by atoms with Crippen molar-refractivity contribution in [3.8, 4) is 11.8 Å². The number of rotatable bonds is 3. The number of halogens is 1. The first-order chi connectivity index (χ1) is 14.1. The monoisotopic (exact) mass is 406 g/mol. The molecule has 29 heavy (non-hydrogen) atoms. The topological polar surface area (TPSA) is 69.0 Å². The number of pyridine rings is 1. The minimum Gasteiger partial charge on any atom is -0.379 e. The first kappa shape index (κ1) is 19.2. The van der Waals surface area contributed by atoms with Crippen LogP contribution < -0.4 is 5.32 Å². The van der Waals surface area contributed by atoms with Crippen LogP contribution in [0.4, 0.5) is 5.82 Å². The molecule has 0 bridgehead atoms. The van der Waals surface area contributed by atoms with E-state index >= 15 is 0 Å². The first-order valence-electron chi connectivity index (χ1n) is 9.27. The van der Waals surface area contributed by atoms with Crippen molar-refractivity contribution in [2.75, 3.05) is 18.5 Å². The second-order valence-electron chi connectivity index (χ2n) is 6.76. The maximum Gasteiger partial charge on any atom is 0.276 e. The van der Waals surface area contributed by atoms with Gasteiger partial charge in [0.25, 0.3) is 5.91 Å². The zero-order valence-corrected chi connectivity index (χ0v) is 16.6. The summed E-state index contributed by atoms with van der Waals surface area (Å²) in [4.78, 5) is 17.2. The zero-order valence-electron chi connectivity index (χ0n) is 15.9. The highest BCUT2D eigenvalue weighted by Crippen LogP contribution is 2.25. The molecule has 3 aromatic rings. The van der Waals surface area contributed by atoms with Crippen molar-refractivity contribution in [1.29, 1.82) is 0 Å². The Balaban J connectivity index is 1.52. The molecule has 146 valence electrons. The summed E-state index contributed by atoms with van der Waals surface area (Å²) in [5.41, 5.74) is 2.83. The number of ether oxygens (including phenoxy) is 1. The number of aromatic nitrogens is 3. The van der Waals surface area contributed by atoms with E-state index in [-0.39, 0.29) is 11.9 Å². The summed E-state index contributed by atoms with van der Waals surface area (Å²) in [5, 5.41) is 7.39. The van der Waals surface area contributed by atoms with Gasteiger partial charge in [-0.3, -0.25) is 9.48 Å². The molecule has 1 atom stereocenters. The van der Waals surface area contributed by atoms with E-state index < -0.39 is 0 Å². The summed E-state index contributed by atoms with van der Waals surface area (Å²) in [6.45, 7) is 3.04. The number of nitrogens with one attached hydrogen (secondary N) is 1. The lowest BCUT2D eigenvalue weighted by atomic mass is 10.1. The number of benzene rings is 1. The molecule has 4 rings (SSSR count). The molecule has 3 heterocycles. The van der Waals surface area contributed by atoms with E-state index in [4.69, 9.17) is 16.3 Å². The third-order valence-electron chi connectivity index (χ3n) is 4.65. The fourth-order valence-electron chi connectivity index (χ4n) is 3.15. The fourth-order valence-corrected chi connectivity index (χ4v) is 3.37. The molecule has 1 amide bonds.